The van der Waals surface area contributed by atoms with Crippen LogP contribution in [0.5, 0.6) is 0 Å². The van der Waals surface area contributed by atoms with Gasteiger partial charge in [-0.3, -0.25) is 0 Å². The molecular weight excluding hydrogens is 214 g/mol. The summed E-state index contributed by atoms with van der Waals surface area (Å²) in [6.45, 7) is 6.85. The molecule has 0 saturated heterocycles. The molecule has 1 unspecified atom stereocenters. The third kappa shape index (κ3) is 3.33. The van der Waals surface area contributed by atoms with Crippen LogP contribution >= 0.6 is 11.3 Å². The summed E-state index contributed by atoms with van der Waals surface area (Å²) in [7, 11) is 2.09. The van der Waals surface area contributed by atoms with Gasteiger partial charge in [0.2, 0.25) is 0 Å². The first-order valence-electron chi connectivity index (χ1n) is 6.50. The summed E-state index contributed by atoms with van der Waals surface area (Å²) in [5.74, 6) is 0.851. The molecule has 0 fully saturated rings. The van der Waals surface area contributed by atoms with Gasteiger partial charge < -0.3 is 5.32 Å². The summed E-state index contributed by atoms with van der Waals surface area (Å²) in [4.78, 5) is 1.55. The highest BCUT2D eigenvalue weighted by Gasteiger charge is 2.17. The lowest BCUT2D eigenvalue weighted by atomic mass is 9.93. The first-order valence-corrected chi connectivity index (χ1v) is 7.38. The van der Waals surface area contributed by atoms with E-state index in [9.17, 15) is 0 Å². The number of rotatable bonds is 7. The molecule has 0 spiro atoms. The Kier molecular flexibility index (Phi) is 6.07. The smallest absolute Gasteiger partial charge is 0.0417 e. The molecule has 1 atom stereocenters. The quantitative estimate of drug-likeness (QED) is 0.744. The van der Waals surface area contributed by atoms with E-state index in [-0.39, 0.29) is 0 Å². The predicted octanol–water partition coefficient (Wildman–Crippen LogP) is 4.40. The number of hydrogen-bond acceptors (Lipinski definition) is 2. The Hall–Kier alpha value is -0.340. The second-order valence-corrected chi connectivity index (χ2v) is 5.37. The van der Waals surface area contributed by atoms with Crippen molar-refractivity contribution in [1.82, 2.24) is 5.32 Å². The molecule has 0 radical (unpaired) electrons. The summed E-state index contributed by atoms with van der Waals surface area (Å²) in [6, 6.07) is 2.83. The second-order valence-electron chi connectivity index (χ2n) is 4.42. The van der Waals surface area contributed by atoms with Gasteiger partial charge in [-0.2, -0.15) is 0 Å². The van der Waals surface area contributed by atoms with Gasteiger partial charge in [-0.1, -0.05) is 33.6 Å². The molecule has 1 aromatic heterocycles. The van der Waals surface area contributed by atoms with E-state index in [2.05, 4.69) is 44.6 Å². The Morgan fingerprint density at radius 3 is 2.44 bits per heavy atom. The van der Waals surface area contributed by atoms with E-state index < -0.39 is 0 Å². The second kappa shape index (κ2) is 7.08. The zero-order chi connectivity index (χ0) is 12.0. The van der Waals surface area contributed by atoms with Gasteiger partial charge in [0.15, 0.2) is 0 Å². The first-order chi connectivity index (χ1) is 7.76. The van der Waals surface area contributed by atoms with Crippen LogP contribution in [0.15, 0.2) is 11.4 Å². The molecular formula is C14H25NS. The van der Waals surface area contributed by atoms with Crippen molar-refractivity contribution in [3.63, 3.8) is 0 Å². The van der Waals surface area contributed by atoms with Crippen LogP contribution in [0.1, 0.15) is 56.5 Å². The number of nitrogens with one attached hydrogen (secondary N) is 1. The van der Waals surface area contributed by atoms with E-state index in [0.29, 0.717) is 6.04 Å². The van der Waals surface area contributed by atoms with Crippen molar-refractivity contribution in [1.29, 1.82) is 0 Å². The Balaban J connectivity index is 2.73. The maximum Gasteiger partial charge on any atom is 0.0417 e. The van der Waals surface area contributed by atoms with Crippen LogP contribution in [0.2, 0.25) is 0 Å². The van der Waals surface area contributed by atoms with E-state index in [1.54, 1.807) is 4.88 Å². The fourth-order valence-electron chi connectivity index (χ4n) is 2.26. The average molecular weight is 239 g/mol. The molecule has 1 nitrogen and oxygen atoms in total. The molecule has 2 heteroatoms. The highest BCUT2D eigenvalue weighted by Crippen LogP contribution is 2.31. The van der Waals surface area contributed by atoms with Crippen molar-refractivity contribution >= 4 is 11.3 Å². The minimum absolute atomic E-state index is 0.555. The zero-order valence-electron chi connectivity index (χ0n) is 11.0. The van der Waals surface area contributed by atoms with Gasteiger partial charge in [-0.15, -0.1) is 11.3 Å². The molecule has 1 N–H and O–H groups in total. The normalized spacial score (nSPS) is 13.3. The molecule has 0 bridgehead atoms. The number of aryl methyl sites for hydroxylation is 1. The molecule has 1 aromatic rings. The molecule has 0 aliphatic rings. The lowest BCUT2D eigenvalue weighted by Gasteiger charge is -2.21. The van der Waals surface area contributed by atoms with Crippen molar-refractivity contribution in [2.75, 3.05) is 7.05 Å². The largest absolute Gasteiger partial charge is 0.312 e. The summed E-state index contributed by atoms with van der Waals surface area (Å²) < 4.78 is 0. The standard InChI is InChI=1S/C14H25NS/c1-5-11(6-2)10-13(15-4)14-12(7-3)8-9-16-14/h8-9,11,13,15H,5-7,10H2,1-4H3. The minimum Gasteiger partial charge on any atom is -0.312 e. The maximum atomic E-state index is 3.49. The van der Waals surface area contributed by atoms with Crippen LogP contribution in [0.4, 0.5) is 0 Å². The SMILES string of the molecule is CCc1ccsc1C(CC(CC)CC)NC. The van der Waals surface area contributed by atoms with Gasteiger partial charge in [-0.25, -0.2) is 0 Å². The van der Waals surface area contributed by atoms with Crippen molar-refractivity contribution in [2.45, 2.75) is 52.5 Å². The van der Waals surface area contributed by atoms with Gasteiger partial charge in [0.25, 0.3) is 0 Å². The third-order valence-electron chi connectivity index (χ3n) is 3.55. The van der Waals surface area contributed by atoms with Crippen molar-refractivity contribution < 1.29 is 0 Å². The highest BCUT2D eigenvalue weighted by atomic mass is 32.1. The van der Waals surface area contributed by atoms with Crippen LogP contribution in [0.3, 0.4) is 0 Å². The molecule has 0 aromatic carbocycles. The summed E-state index contributed by atoms with van der Waals surface area (Å²) in [5.41, 5.74) is 1.52. The van der Waals surface area contributed by atoms with Crippen molar-refractivity contribution in [3.05, 3.63) is 21.9 Å². The Labute approximate surface area is 104 Å². The van der Waals surface area contributed by atoms with Crippen LogP contribution in [-0.4, -0.2) is 7.05 Å². The fraction of sp³-hybridized carbons (Fsp3) is 0.714. The van der Waals surface area contributed by atoms with Gasteiger partial charge >= 0.3 is 0 Å². The van der Waals surface area contributed by atoms with E-state index >= 15 is 0 Å². The predicted molar refractivity (Wildman–Crippen MR) is 74.2 cm³/mol. The van der Waals surface area contributed by atoms with Gasteiger partial charge in [0.1, 0.15) is 0 Å². The average Bonchev–Trinajstić information content (AvgIpc) is 2.79. The molecule has 0 aliphatic heterocycles. The molecule has 0 amide bonds. The number of thiophene rings is 1. The monoisotopic (exact) mass is 239 g/mol. The lowest BCUT2D eigenvalue weighted by molar-refractivity contribution is 0.387. The molecule has 1 rings (SSSR count). The van der Waals surface area contributed by atoms with Crippen LogP contribution < -0.4 is 5.32 Å². The summed E-state index contributed by atoms with van der Waals surface area (Å²) >= 11 is 1.91. The molecule has 0 aliphatic carbocycles. The fourth-order valence-corrected chi connectivity index (χ4v) is 3.38. The van der Waals surface area contributed by atoms with Crippen molar-refractivity contribution in [2.24, 2.45) is 5.92 Å². The highest BCUT2D eigenvalue weighted by molar-refractivity contribution is 7.10. The summed E-state index contributed by atoms with van der Waals surface area (Å²) in [5, 5.41) is 5.72. The third-order valence-corrected chi connectivity index (χ3v) is 4.62. The van der Waals surface area contributed by atoms with E-state index in [4.69, 9.17) is 0 Å². The molecule has 0 saturated carbocycles. The molecule has 1 heterocycles. The van der Waals surface area contributed by atoms with Gasteiger partial charge in [-0.05, 0) is 42.8 Å². The zero-order valence-corrected chi connectivity index (χ0v) is 11.9. The summed E-state index contributed by atoms with van der Waals surface area (Å²) in [6.07, 6.45) is 5.01. The van der Waals surface area contributed by atoms with Crippen LogP contribution in [-0.2, 0) is 6.42 Å². The first kappa shape index (κ1) is 13.7. The van der Waals surface area contributed by atoms with Crippen LogP contribution in [0.25, 0.3) is 0 Å². The maximum absolute atomic E-state index is 3.49. The topological polar surface area (TPSA) is 12.0 Å². The number of hydrogen-bond donors (Lipinski definition) is 1. The molecule has 92 valence electrons. The molecule has 16 heavy (non-hydrogen) atoms. The van der Waals surface area contributed by atoms with E-state index in [1.165, 1.54) is 24.8 Å². The van der Waals surface area contributed by atoms with E-state index in [0.717, 1.165) is 12.3 Å². The minimum atomic E-state index is 0.555. The van der Waals surface area contributed by atoms with E-state index in [1.807, 2.05) is 11.3 Å². The van der Waals surface area contributed by atoms with Gasteiger partial charge in [0, 0.05) is 10.9 Å². The Morgan fingerprint density at radius 2 is 1.94 bits per heavy atom. The van der Waals surface area contributed by atoms with Gasteiger partial charge in [0.05, 0.1) is 0 Å². The lowest BCUT2D eigenvalue weighted by Crippen LogP contribution is -2.19. The Morgan fingerprint density at radius 1 is 1.25 bits per heavy atom. The van der Waals surface area contributed by atoms with Crippen LogP contribution in [0, 0.1) is 5.92 Å². The van der Waals surface area contributed by atoms with Crippen molar-refractivity contribution in [3.8, 4) is 0 Å². The Bertz CT molecular complexity index is 289.